The molecule has 0 bridgehead atoms. The third-order valence-electron chi connectivity index (χ3n) is 12.1. The highest BCUT2D eigenvalue weighted by atomic mass is 16.3. The van der Waals surface area contributed by atoms with Gasteiger partial charge in [-0.2, -0.15) is 0 Å². The van der Waals surface area contributed by atoms with Crippen LogP contribution in [0, 0.1) is 0 Å². The van der Waals surface area contributed by atoms with Crippen molar-refractivity contribution in [1.82, 2.24) is 15.2 Å². The van der Waals surface area contributed by atoms with E-state index >= 15 is 0 Å². The lowest BCUT2D eigenvalue weighted by Crippen LogP contribution is -2.45. The molecule has 0 amide bonds. The quantitative estimate of drug-likeness (QED) is 0.185. The van der Waals surface area contributed by atoms with Crippen LogP contribution in [0.5, 0.6) is 0 Å². The number of fused-ring (bicyclic) bond motifs is 9. The SMILES string of the molecule is c1ccc(C2CC(c3cccc4oc5ccc(-c6cccc7oc8cc(-n9c%10ccccc%10c%10ccccc%109)ccc8c67)cc5c34)NC(c3ccccc3)N2)cc1. The topological polar surface area (TPSA) is 55.3 Å². The number of nitrogens with one attached hydrogen (secondary N) is 2. The van der Waals surface area contributed by atoms with Crippen molar-refractivity contribution in [3.63, 3.8) is 0 Å². The fraction of sp³-hybridized carbons (Fsp3) is 0.0769. The highest BCUT2D eigenvalue weighted by molar-refractivity contribution is 6.15. The summed E-state index contributed by atoms with van der Waals surface area (Å²) in [6.07, 6.45) is 0.886. The van der Waals surface area contributed by atoms with Crippen LogP contribution in [-0.2, 0) is 0 Å². The predicted molar refractivity (Wildman–Crippen MR) is 233 cm³/mol. The maximum absolute atomic E-state index is 6.67. The Hall–Kier alpha value is -6.92. The van der Waals surface area contributed by atoms with Crippen LogP contribution < -0.4 is 10.6 Å². The molecule has 8 aromatic carbocycles. The first-order valence-electron chi connectivity index (χ1n) is 19.8. The van der Waals surface area contributed by atoms with E-state index in [2.05, 4.69) is 197 Å². The Labute approximate surface area is 328 Å². The van der Waals surface area contributed by atoms with Crippen LogP contribution in [-0.4, -0.2) is 4.57 Å². The van der Waals surface area contributed by atoms with E-state index in [-0.39, 0.29) is 18.2 Å². The fourth-order valence-corrected chi connectivity index (χ4v) is 9.50. The molecule has 0 saturated carbocycles. The van der Waals surface area contributed by atoms with E-state index in [0.29, 0.717) is 0 Å². The first-order valence-corrected chi connectivity index (χ1v) is 19.8. The number of aromatic nitrogens is 1. The minimum Gasteiger partial charge on any atom is -0.456 e. The van der Waals surface area contributed by atoms with Gasteiger partial charge in [0.25, 0.3) is 0 Å². The van der Waals surface area contributed by atoms with Gasteiger partial charge in [0.05, 0.1) is 17.2 Å². The Morgan fingerprint density at radius 3 is 1.86 bits per heavy atom. The van der Waals surface area contributed by atoms with Gasteiger partial charge in [-0.25, -0.2) is 0 Å². The maximum Gasteiger partial charge on any atom is 0.137 e. The zero-order valence-corrected chi connectivity index (χ0v) is 31.0. The third-order valence-corrected chi connectivity index (χ3v) is 12.1. The Bertz CT molecular complexity index is 3200. The van der Waals surface area contributed by atoms with Crippen LogP contribution in [0.15, 0.2) is 191 Å². The van der Waals surface area contributed by atoms with Gasteiger partial charge in [-0.15, -0.1) is 0 Å². The molecule has 1 fully saturated rings. The Morgan fingerprint density at radius 2 is 1.09 bits per heavy atom. The first kappa shape index (κ1) is 32.3. The summed E-state index contributed by atoms with van der Waals surface area (Å²) in [4.78, 5) is 0. The van der Waals surface area contributed by atoms with Gasteiger partial charge in [-0.3, -0.25) is 10.6 Å². The number of para-hydroxylation sites is 2. The van der Waals surface area contributed by atoms with Gasteiger partial charge >= 0.3 is 0 Å². The van der Waals surface area contributed by atoms with E-state index in [0.717, 1.165) is 67.1 Å². The Morgan fingerprint density at radius 1 is 0.439 bits per heavy atom. The molecule has 5 heteroatoms. The molecule has 4 heterocycles. The molecule has 1 aliphatic rings. The second kappa shape index (κ2) is 12.8. The summed E-state index contributed by atoms with van der Waals surface area (Å²) in [6, 6.07) is 65.2. The van der Waals surface area contributed by atoms with Crippen molar-refractivity contribution in [3.05, 3.63) is 199 Å². The molecule has 12 rings (SSSR count). The van der Waals surface area contributed by atoms with Crippen LogP contribution in [0.1, 0.15) is 41.4 Å². The van der Waals surface area contributed by atoms with Crippen molar-refractivity contribution in [2.24, 2.45) is 0 Å². The highest BCUT2D eigenvalue weighted by Crippen LogP contribution is 2.44. The lowest BCUT2D eigenvalue weighted by Gasteiger charge is -2.38. The lowest BCUT2D eigenvalue weighted by atomic mass is 9.88. The zero-order chi connectivity index (χ0) is 37.5. The molecule has 11 aromatic rings. The molecule has 0 aliphatic carbocycles. The van der Waals surface area contributed by atoms with Crippen LogP contribution in [0.3, 0.4) is 0 Å². The molecule has 5 nitrogen and oxygen atoms in total. The van der Waals surface area contributed by atoms with Gasteiger partial charge in [0, 0.05) is 56.2 Å². The Kier molecular flexibility index (Phi) is 7.27. The monoisotopic (exact) mass is 735 g/mol. The summed E-state index contributed by atoms with van der Waals surface area (Å²) in [5.74, 6) is 0. The smallest absolute Gasteiger partial charge is 0.137 e. The number of hydrogen-bond acceptors (Lipinski definition) is 4. The normalized spacial score (nSPS) is 17.4. The molecule has 0 radical (unpaired) electrons. The van der Waals surface area contributed by atoms with Crippen molar-refractivity contribution in [2.75, 3.05) is 0 Å². The van der Waals surface area contributed by atoms with E-state index < -0.39 is 0 Å². The van der Waals surface area contributed by atoms with Crippen molar-refractivity contribution in [3.8, 4) is 16.8 Å². The van der Waals surface area contributed by atoms with Crippen LogP contribution in [0.4, 0.5) is 0 Å². The van der Waals surface area contributed by atoms with Crippen LogP contribution >= 0.6 is 0 Å². The van der Waals surface area contributed by atoms with E-state index in [4.69, 9.17) is 8.83 Å². The molecule has 3 atom stereocenters. The number of hydrogen-bond donors (Lipinski definition) is 2. The molecule has 57 heavy (non-hydrogen) atoms. The number of rotatable bonds is 5. The second-order valence-electron chi connectivity index (χ2n) is 15.3. The van der Waals surface area contributed by atoms with Gasteiger partial charge in [-0.05, 0) is 82.8 Å². The minimum atomic E-state index is -0.0124. The zero-order valence-electron chi connectivity index (χ0n) is 31.0. The number of furan rings is 2. The van der Waals surface area contributed by atoms with Crippen molar-refractivity contribution in [2.45, 2.75) is 24.7 Å². The molecule has 1 saturated heterocycles. The third kappa shape index (κ3) is 5.17. The average Bonchev–Trinajstić information content (AvgIpc) is 3.96. The second-order valence-corrected chi connectivity index (χ2v) is 15.3. The number of benzene rings is 8. The highest BCUT2D eigenvalue weighted by Gasteiger charge is 2.32. The Balaban J connectivity index is 0.985. The molecule has 3 aromatic heterocycles. The molecule has 3 unspecified atom stereocenters. The summed E-state index contributed by atoms with van der Waals surface area (Å²) in [7, 11) is 0. The summed E-state index contributed by atoms with van der Waals surface area (Å²) >= 11 is 0. The van der Waals surface area contributed by atoms with Crippen molar-refractivity contribution >= 4 is 65.7 Å². The van der Waals surface area contributed by atoms with E-state index in [1.165, 1.54) is 38.5 Å². The first-order chi connectivity index (χ1) is 28.2. The van der Waals surface area contributed by atoms with Gasteiger partial charge < -0.3 is 13.4 Å². The molecular weight excluding hydrogens is 699 g/mol. The van der Waals surface area contributed by atoms with Gasteiger partial charge in [0.2, 0.25) is 0 Å². The summed E-state index contributed by atoms with van der Waals surface area (Å²) in [6.45, 7) is 0. The molecule has 1 aliphatic heterocycles. The van der Waals surface area contributed by atoms with E-state index in [1.807, 2.05) is 0 Å². The standard InChI is InChI=1S/C52H37N3O2/c1-3-13-32(14-4-1)42-31-43(54-52(53-42)33-15-5-2-6-16-33)39-20-12-24-48-51(39)41-29-34(25-28-46(41)56-48)36-19-11-23-47-50(36)40-27-26-35(30-49(40)57-47)55-44-21-9-7-17-37(44)38-18-8-10-22-45(38)55/h1-30,42-43,52-54H,31H2. The molecule has 2 N–H and O–H groups in total. The van der Waals surface area contributed by atoms with Crippen molar-refractivity contribution in [1.29, 1.82) is 0 Å². The molecular formula is C52H37N3O2. The predicted octanol–water partition coefficient (Wildman–Crippen LogP) is 13.3. The largest absolute Gasteiger partial charge is 0.456 e. The van der Waals surface area contributed by atoms with Gasteiger partial charge in [0.1, 0.15) is 22.3 Å². The van der Waals surface area contributed by atoms with Crippen LogP contribution in [0.2, 0.25) is 0 Å². The summed E-state index contributed by atoms with van der Waals surface area (Å²) < 4.78 is 15.6. The van der Waals surface area contributed by atoms with Crippen molar-refractivity contribution < 1.29 is 8.83 Å². The molecule has 272 valence electrons. The molecule has 0 spiro atoms. The van der Waals surface area contributed by atoms with Crippen LogP contribution in [0.25, 0.3) is 82.5 Å². The maximum atomic E-state index is 6.67. The van der Waals surface area contributed by atoms with Gasteiger partial charge in [0.15, 0.2) is 0 Å². The fourth-order valence-electron chi connectivity index (χ4n) is 9.50. The minimum absolute atomic E-state index is 0.0124. The van der Waals surface area contributed by atoms with Gasteiger partial charge in [-0.1, -0.05) is 127 Å². The summed E-state index contributed by atoms with van der Waals surface area (Å²) in [5.41, 5.74) is 13.0. The van der Waals surface area contributed by atoms with E-state index in [9.17, 15) is 0 Å². The number of nitrogens with zero attached hydrogens (tertiary/aromatic N) is 1. The summed E-state index contributed by atoms with van der Waals surface area (Å²) in [5, 5.41) is 14.9. The average molecular weight is 736 g/mol. The van der Waals surface area contributed by atoms with E-state index in [1.54, 1.807) is 0 Å². The lowest BCUT2D eigenvalue weighted by molar-refractivity contribution is 0.248.